The highest BCUT2D eigenvalue weighted by atomic mass is 31.0. The summed E-state index contributed by atoms with van der Waals surface area (Å²) in [6.45, 7) is 0. The minimum atomic E-state index is 0.327. The first kappa shape index (κ1) is 8.71. The lowest BCUT2D eigenvalue weighted by Gasteiger charge is -2.15. The molecule has 0 heterocycles. The van der Waals surface area contributed by atoms with Gasteiger partial charge in [-0.15, -0.1) is 0 Å². The number of hydrogen-bond acceptors (Lipinski definition) is 2. The largest absolute Gasteiger partial charge is 0.480 e. The van der Waals surface area contributed by atoms with Gasteiger partial charge in [0.15, 0.2) is 0 Å². The zero-order chi connectivity index (χ0) is 9.26. The van der Waals surface area contributed by atoms with Gasteiger partial charge in [0.25, 0.3) is 0 Å². The van der Waals surface area contributed by atoms with E-state index in [1.807, 2.05) is 18.2 Å². The lowest BCUT2D eigenvalue weighted by Crippen LogP contribution is -2.12. The Morgan fingerprint density at radius 2 is 2.08 bits per heavy atom. The molecule has 0 spiro atoms. The Morgan fingerprint density at radius 1 is 1.23 bits per heavy atom. The van der Waals surface area contributed by atoms with E-state index in [1.165, 1.54) is 5.56 Å². The SMILES string of the molecule is O=C1CCc2ccc(OP)cc2C1. The topological polar surface area (TPSA) is 26.3 Å². The van der Waals surface area contributed by atoms with Crippen molar-refractivity contribution in [3.05, 3.63) is 29.3 Å². The van der Waals surface area contributed by atoms with Gasteiger partial charge >= 0.3 is 0 Å². The van der Waals surface area contributed by atoms with E-state index in [-0.39, 0.29) is 0 Å². The van der Waals surface area contributed by atoms with E-state index >= 15 is 0 Å². The van der Waals surface area contributed by atoms with Crippen molar-refractivity contribution in [1.29, 1.82) is 0 Å². The third-order valence-corrected chi connectivity index (χ3v) is 2.65. The Hall–Kier alpha value is -0.880. The molecular formula is C10H11O2P. The van der Waals surface area contributed by atoms with Crippen LogP contribution in [0, 0.1) is 0 Å². The van der Waals surface area contributed by atoms with Crippen LogP contribution in [0.25, 0.3) is 0 Å². The molecule has 1 aliphatic carbocycles. The molecule has 0 saturated carbocycles. The number of carbonyl (C=O) groups is 1. The highest BCUT2D eigenvalue weighted by Crippen LogP contribution is 2.24. The number of fused-ring (bicyclic) bond motifs is 1. The second-order valence-electron chi connectivity index (χ2n) is 3.26. The van der Waals surface area contributed by atoms with Gasteiger partial charge in [-0.3, -0.25) is 4.79 Å². The van der Waals surface area contributed by atoms with Crippen molar-refractivity contribution in [3.8, 4) is 5.75 Å². The van der Waals surface area contributed by atoms with Crippen molar-refractivity contribution in [2.75, 3.05) is 0 Å². The fourth-order valence-electron chi connectivity index (χ4n) is 1.66. The molecule has 0 bridgehead atoms. The molecule has 1 aliphatic rings. The number of rotatable bonds is 1. The van der Waals surface area contributed by atoms with Gasteiger partial charge in [-0.2, -0.15) is 0 Å². The van der Waals surface area contributed by atoms with E-state index in [4.69, 9.17) is 4.52 Å². The molecule has 0 radical (unpaired) electrons. The normalized spacial score (nSPS) is 15.3. The maximum atomic E-state index is 11.2. The first-order valence-electron chi connectivity index (χ1n) is 4.30. The summed E-state index contributed by atoms with van der Waals surface area (Å²) in [6, 6.07) is 5.92. The van der Waals surface area contributed by atoms with E-state index in [0.29, 0.717) is 18.6 Å². The molecular weight excluding hydrogens is 183 g/mol. The van der Waals surface area contributed by atoms with Crippen molar-refractivity contribution < 1.29 is 9.32 Å². The number of benzene rings is 1. The van der Waals surface area contributed by atoms with Crippen LogP contribution in [-0.2, 0) is 17.6 Å². The van der Waals surface area contributed by atoms with Crippen molar-refractivity contribution in [2.45, 2.75) is 19.3 Å². The summed E-state index contributed by atoms with van der Waals surface area (Å²) in [7, 11) is 2.21. The Labute approximate surface area is 79.6 Å². The first-order chi connectivity index (χ1) is 6.29. The minimum Gasteiger partial charge on any atom is -0.480 e. The minimum absolute atomic E-state index is 0.327. The second kappa shape index (κ2) is 3.47. The lowest BCUT2D eigenvalue weighted by molar-refractivity contribution is -0.118. The van der Waals surface area contributed by atoms with E-state index in [1.54, 1.807) is 0 Å². The van der Waals surface area contributed by atoms with Crippen molar-refractivity contribution in [2.24, 2.45) is 0 Å². The summed E-state index contributed by atoms with van der Waals surface area (Å²) in [5.41, 5.74) is 2.40. The van der Waals surface area contributed by atoms with Gasteiger partial charge in [0.2, 0.25) is 0 Å². The molecule has 0 amide bonds. The van der Waals surface area contributed by atoms with Crippen LogP contribution in [0.15, 0.2) is 18.2 Å². The predicted molar refractivity (Wildman–Crippen MR) is 53.8 cm³/mol. The zero-order valence-corrected chi connectivity index (χ0v) is 8.40. The van der Waals surface area contributed by atoms with E-state index in [9.17, 15) is 4.79 Å². The van der Waals surface area contributed by atoms with E-state index in [2.05, 4.69) is 9.47 Å². The molecule has 0 N–H and O–H groups in total. The number of aryl methyl sites for hydroxylation is 1. The molecule has 1 aromatic carbocycles. The standard InChI is InChI=1S/C10H11O2P/c11-9-3-1-7-2-4-10(12-13)6-8(7)5-9/h2,4,6H,1,3,5,13H2. The van der Waals surface area contributed by atoms with Crippen molar-refractivity contribution in [1.82, 2.24) is 0 Å². The Morgan fingerprint density at radius 3 is 2.85 bits per heavy atom. The summed E-state index contributed by atoms with van der Waals surface area (Å²) < 4.78 is 5.02. The second-order valence-corrected chi connectivity index (χ2v) is 3.50. The van der Waals surface area contributed by atoms with Gasteiger partial charge in [-0.05, 0) is 29.7 Å². The Balaban J connectivity index is 2.38. The van der Waals surface area contributed by atoms with Crippen LogP contribution in [0.4, 0.5) is 0 Å². The van der Waals surface area contributed by atoms with Crippen LogP contribution in [0.3, 0.4) is 0 Å². The van der Waals surface area contributed by atoms with Crippen molar-refractivity contribution >= 4 is 15.2 Å². The molecule has 0 saturated heterocycles. The summed E-state index contributed by atoms with van der Waals surface area (Å²) in [4.78, 5) is 11.2. The molecule has 1 atom stereocenters. The maximum absolute atomic E-state index is 11.2. The highest BCUT2D eigenvalue weighted by molar-refractivity contribution is 7.10. The molecule has 0 fully saturated rings. The zero-order valence-electron chi connectivity index (χ0n) is 7.25. The van der Waals surface area contributed by atoms with Gasteiger partial charge in [0.1, 0.15) is 11.5 Å². The maximum Gasteiger partial charge on any atom is 0.137 e. The summed E-state index contributed by atoms with van der Waals surface area (Å²) in [5.74, 6) is 1.13. The number of carbonyl (C=O) groups excluding carboxylic acids is 1. The monoisotopic (exact) mass is 194 g/mol. The summed E-state index contributed by atoms with van der Waals surface area (Å²) >= 11 is 0. The molecule has 0 aliphatic heterocycles. The quantitative estimate of drug-likeness (QED) is 0.638. The van der Waals surface area contributed by atoms with Crippen LogP contribution < -0.4 is 4.52 Å². The molecule has 2 rings (SSSR count). The molecule has 3 heteroatoms. The average Bonchev–Trinajstić information content (AvgIpc) is 2.16. The van der Waals surface area contributed by atoms with E-state index < -0.39 is 0 Å². The summed E-state index contributed by atoms with van der Waals surface area (Å²) in [6.07, 6.45) is 2.14. The van der Waals surface area contributed by atoms with Gasteiger partial charge < -0.3 is 4.52 Å². The molecule has 13 heavy (non-hydrogen) atoms. The van der Waals surface area contributed by atoms with Gasteiger partial charge in [-0.25, -0.2) is 0 Å². The molecule has 0 aromatic heterocycles. The molecule has 2 nitrogen and oxygen atoms in total. The number of hydrogen-bond donors (Lipinski definition) is 0. The summed E-state index contributed by atoms with van der Waals surface area (Å²) in [5, 5.41) is 0. The van der Waals surface area contributed by atoms with E-state index in [0.717, 1.165) is 17.7 Å². The van der Waals surface area contributed by atoms with Crippen LogP contribution in [0.1, 0.15) is 17.5 Å². The van der Waals surface area contributed by atoms with Crippen LogP contribution >= 0.6 is 9.47 Å². The van der Waals surface area contributed by atoms with Crippen LogP contribution in [0.5, 0.6) is 5.75 Å². The molecule has 1 aromatic rings. The van der Waals surface area contributed by atoms with Gasteiger partial charge in [0, 0.05) is 12.8 Å². The molecule has 1 unspecified atom stereocenters. The third-order valence-electron chi connectivity index (χ3n) is 2.37. The van der Waals surface area contributed by atoms with Crippen LogP contribution in [-0.4, -0.2) is 5.78 Å². The number of ketones is 1. The average molecular weight is 194 g/mol. The Kier molecular flexibility index (Phi) is 2.32. The predicted octanol–water partition coefficient (Wildman–Crippen LogP) is 1.91. The molecule has 68 valence electrons. The van der Waals surface area contributed by atoms with Crippen LogP contribution in [0.2, 0.25) is 0 Å². The number of Topliss-reactive ketones (excluding diaryl/α,β-unsaturated/α-hetero) is 1. The fraction of sp³-hybridized carbons (Fsp3) is 0.300. The third kappa shape index (κ3) is 1.73. The lowest BCUT2D eigenvalue weighted by atomic mass is 9.91. The van der Waals surface area contributed by atoms with Gasteiger partial charge in [0.05, 0.1) is 9.47 Å². The fourth-order valence-corrected chi connectivity index (χ4v) is 1.81. The highest BCUT2D eigenvalue weighted by Gasteiger charge is 2.15. The first-order valence-corrected chi connectivity index (χ1v) is 4.77. The Bertz CT molecular complexity index is 347. The van der Waals surface area contributed by atoms with Crippen molar-refractivity contribution in [3.63, 3.8) is 0 Å². The van der Waals surface area contributed by atoms with Gasteiger partial charge in [-0.1, -0.05) is 6.07 Å². The smallest absolute Gasteiger partial charge is 0.137 e.